The highest BCUT2D eigenvalue weighted by Gasteiger charge is 2.52. The van der Waals surface area contributed by atoms with Crippen molar-refractivity contribution in [2.45, 2.75) is 174 Å². The first-order valence-corrected chi connectivity index (χ1v) is 51.1. The summed E-state index contributed by atoms with van der Waals surface area (Å²) in [5.41, 5.74) is 23.6. The molecule has 772 valence electrons. The molecule has 6 aliphatic rings. The smallest absolute Gasteiger partial charge is 0.493 e. The molecule has 6 aliphatic heterocycles. The highest BCUT2D eigenvalue weighted by Crippen LogP contribution is 2.48. The molecule has 0 bridgehead atoms. The number of aliphatic hydroxyl groups excluding tert-OH is 1. The van der Waals surface area contributed by atoms with Crippen LogP contribution in [-0.4, -0.2) is 166 Å². The van der Waals surface area contributed by atoms with Gasteiger partial charge < -0.3 is 62.2 Å². The second-order valence-electron chi connectivity index (χ2n) is 40.2. The highest BCUT2D eigenvalue weighted by atomic mass is 79.9. The van der Waals surface area contributed by atoms with Gasteiger partial charge in [0.2, 0.25) is 0 Å². The van der Waals surface area contributed by atoms with Crippen LogP contribution < -0.4 is 29.1 Å². The minimum absolute atomic E-state index is 0.280. The number of hydrogen-bond acceptors (Lipinski definition) is 22. The second-order valence-corrected chi connectivity index (χ2v) is 41.0. The monoisotopic (exact) mass is 2070 g/mol. The number of nitrogens with zero attached hydrogens (tertiary/aromatic N) is 10. The first kappa shape index (κ1) is 107. The Kier molecular flexibility index (Phi) is 33.7. The average Bonchev–Trinajstić information content (AvgIpc) is 1.61. The molecule has 15 aromatic rings. The van der Waals surface area contributed by atoms with Crippen LogP contribution in [0.3, 0.4) is 0 Å². The third-order valence-electron chi connectivity index (χ3n) is 26.9. The van der Waals surface area contributed by atoms with Crippen LogP contribution in [0.4, 0.5) is 0 Å². The third kappa shape index (κ3) is 24.5. The molecule has 28 nitrogen and oxygen atoms in total. The van der Waals surface area contributed by atoms with Crippen molar-refractivity contribution < 1.29 is 86.1 Å². The van der Waals surface area contributed by atoms with E-state index in [-0.39, 0.29) is 18.3 Å². The number of fused-ring (bicyclic) bond motifs is 5. The van der Waals surface area contributed by atoms with Crippen LogP contribution in [0.1, 0.15) is 186 Å². The highest BCUT2D eigenvalue weighted by molar-refractivity contribution is 9.10. The van der Waals surface area contributed by atoms with Crippen molar-refractivity contribution in [2.75, 3.05) is 47.3 Å². The maximum absolute atomic E-state index is 12.9. The Morgan fingerprint density at radius 2 is 0.651 bits per heavy atom. The van der Waals surface area contributed by atoms with Crippen LogP contribution in [0.25, 0.3) is 101 Å². The van der Waals surface area contributed by atoms with Crippen molar-refractivity contribution in [1.82, 2.24) is 48.9 Å². The lowest BCUT2D eigenvalue weighted by Gasteiger charge is -2.32. The van der Waals surface area contributed by atoms with Gasteiger partial charge in [0.05, 0.1) is 91.2 Å². The molecule has 0 radical (unpaired) electrons. The third-order valence-corrected chi connectivity index (χ3v) is 27.6. The number of benzene rings is 10. The molecule has 0 aliphatic carbocycles. The molecule has 1 saturated heterocycles. The largest absolute Gasteiger partial charge is 0.494 e. The number of halogens is 1. The molecule has 2 N–H and O–H groups in total. The number of carboxylic acid groups (broad SMARTS) is 1. The fourth-order valence-corrected chi connectivity index (χ4v) is 19.7. The Morgan fingerprint density at radius 1 is 0.369 bits per heavy atom. The number of carbonyl (C=O) groups excluding carboxylic acids is 4. The van der Waals surface area contributed by atoms with Crippen molar-refractivity contribution in [3.63, 3.8) is 0 Å². The van der Waals surface area contributed by atoms with Crippen LogP contribution >= 0.6 is 15.9 Å². The number of methoxy groups -OCH3 is 2. The minimum atomic E-state index is -1.43. The van der Waals surface area contributed by atoms with Gasteiger partial charge in [-0.15, -0.1) is 0 Å². The molecule has 3 atom stereocenters. The van der Waals surface area contributed by atoms with Crippen molar-refractivity contribution in [3.8, 4) is 130 Å². The Balaban J connectivity index is 0.000000129. The number of aldehydes is 2. The van der Waals surface area contributed by atoms with Crippen LogP contribution in [-0.2, 0) is 110 Å². The van der Waals surface area contributed by atoms with E-state index < -0.39 is 47.4 Å². The summed E-state index contributed by atoms with van der Waals surface area (Å²) >= 11 is 3.38. The number of aryl methyl sites for hydroxylation is 10. The van der Waals surface area contributed by atoms with Crippen molar-refractivity contribution in [2.24, 2.45) is 35.2 Å². The van der Waals surface area contributed by atoms with Crippen molar-refractivity contribution >= 4 is 59.0 Å². The number of ether oxygens (including phenoxy) is 9. The van der Waals surface area contributed by atoms with Crippen LogP contribution in [0.2, 0.25) is 0 Å². The average molecular weight is 2080 g/mol. The molecule has 3 unspecified atom stereocenters. The van der Waals surface area contributed by atoms with Gasteiger partial charge in [-0.25, -0.2) is 14.4 Å². The standard InChI is InChI=1S/C26H30N2O4.C25H28N2O4.C22H22N2O4.C20H18N2O2.C15H21BO3.C11H9BrN2O/c1-26(2,3)32-24(25(29)30-5)23-21(19-13-14-20-18(16-19)12-9-15-31-20)22(27-28(23)4)17-10-7-6-8-11-17;1-25(2,3)31-23(24(28)29)22-20(18-12-13-19-17(15-18)11-8-14-30-19)21(26-27(22)4)16-9-6-5-7-10-16;1-24-20(21(25)22(26)27-2)18(19(23-24)14-7-4-3-5-8-14)16-10-11-17-15(13-16)9-6-12-28-17;1-22-17(13-23)19(20(21-22)14-6-3-2-4-7-14)16-9-10-18-15(12-16)8-5-11-24-18;1-14(2)15(3,4)19-16(18-14)12-7-8-13-11(10-12)6-5-9-17-13;1-14-9(7-15)10(12)11(13-14)8-5-3-2-4-6-8/h6-8,10-11,13-14,16,24H,9,12,15H2,1-5H3;5-7,9-10,12-13,15,23H,8,11,14H2,1-4H3,(H,28,29);3-5,7-8,10-11,13,21,25H,6,9,12H2,1-2H3;2-4,6-7,9-10,12-13H,5,8,11H2,1H3;7-8,10H,5-6,9H2,1-4H3;2-7H,1H3. The summed E-state index contributed by atoms with van der Waals surface area (Å²) in [5.74, 6) is 2.43. The predicted molar refractivity (Wildman–Crippen MR) is 578 cm³/mol. The molecule has 10 aromatic carbocycles. The normalized spacial score (nSPS) is 15.0. The van der Waals surface area contributed by atoms with Crippen LogP contribution in [0.5, 0.6) is 28.7 Å². The Morgan fingerprint density at radius 3 is 0.980 bits per heavy atom. The van der Waals surface area contributed by atoms with Gasteiger partial charge >= 0.3 is 25.0 Å². The molecule has 149 heavy (non-hydrogen) atoms. The van der Waals surface area contributed by atoms with E-state index in [9.17, 15) is 34.2 Å². The summed E-state index contributed by atoms with van der Waals surface area (Å²) in [6, 6.07) is 79.8. The lowest BCUT2D eigenvalue weighted by molar-refractivity contribution is -0.165. The number of hydrogen-bond donors (Lipinski definition) is 2. The lowest BCUT2D eigenvalue weighted by atomic mass is 9.78. The zero-order chi connectivity index (χ0) is 106. The number of aliphatic hydroxyl groups is 1. The first-order chi connectivity index (χ1) is 71.5. The van der Waals surface area contributed by atoms with E-state index >= 15 is 0 Å². The molecule has 30 heteroatoms. The maximum Gasteiger partial charge on any atom is 0.494 e. The van der Waals surface area contributed by atoms with Gasteiger partial charge in [-0.1, -0.05) is 188 Å². The first-order valence-electron chi connectivity index (χ1n) is 50.3. The summed E-state index contributed by atoms with van der Waals surface area (Å²) in [6.07, 6.45) is 8.08. The fraction of sp³-hybridized carbons (Fsp3) is 0.328. The second kappa shape index (κ2) is 46.8. The number of aromatic nitrogens is 10. The molecule has 0 saturated carbocycles. The summed E-state index contributed by atoms with van der Waals surface area (Å²) < 4.78 is 71.8. The molecule has 21 rings (SSSR count). The Bertz CT molecular complexity index is 7270. The van der Waals surface area contributed by atoms with E-state index in [1.54, 1.807) is 51.6 Å². The molecular formula is C119H128BBrN10O18. The van der Waals surface area contributed by atoms with Gasteiger partial charge in [0, 0.05) is 85.3 Å². The topological polar surface area (TPSA) is 316 Å². The van der Waals surface area contributed by atoms with E-state index in [1.165, 1.54) is 25.3 Å². The molecule has 1 fully saturated rings. The molecule has 5 aromatic heterocycles. The summed E-state index contributed by atoms with van der Waals surface area (Å²) in [7, 11) is 11.3. The van der Waals surface area contributed by atoms with Gasteiger partial charge in [0.25, 0.3) is 0 Å². The number of esters is 2. The van der Waals surface area contributed by atoms with Gasteiger partial charge in [0.1, 0.15) is 68.6 Å². The number of carbonyl (C=O) groups is 5. The zero-order valence-corrected chi connectivity index (χ0v) is 89.0. The Hall–Kier alpha value is -14.7. The fourth-order valence-electron chi connectivity index (χ4n) is 19.0. The van der Waals surface area contributed by atoms with Crippen LogP contribution in [0.15, 0.2) is 247 Å². The zero-order valence-electron chi connectivity index (χ0n) is 87.4. The van der Waals surface area contributed by atoms with Gasteiger partial charge in [-0.05, 0) is 260 Å². The lowest BCUT2D eigenvalue weighted by Crippen LogP contribution is -2.41. The molecule has 11 heterocycles. The van der Waals surface area contributed by atoms with E-state index in [2.05, 4.69) is 89.3 Å². The Labute approximate surface area is 878 Å². The molecular weight excluding hydrogens is 1950 g/mol. The number of carboxylic acids is 1. The molecule has 0 amide bonds. The van der Waals surface area contributed by atoms with Gasteiger partial charge in [0.15, 0.2) is 30.9 Å². The van der Waals surface area contributed by atoms with Crippen molar-refractivity contribution in [3.05, 3.63) is 303 Å². The quantitative estimate of drug-likeness (QED) is 0.0407. The predicted octanol–water partition coefficient (Wildman–Crippen LogP) is 22.3. The van der Waals surface area contributed by atoms with Crippen molar-refractivity contribution in [1.29, 1.82) is 0 Å². The number of aliphatic carboxylic acids is 1. The molecule has 0 spiro atoms. The van der Waals surface area contributed by atoms with E-state index in [1.807, 2.05) is 261 Å². The summed E-state index contributed by atoms with van der Waals surface area (Å²) in [6.45, 7) is 23.4. The SMILES string of the molecule is CC1(C)OB(c2ccc3c(c2)CCCO3)OC1(C)C.COC(=O)C(O)c1c(-c2ccc3c(c2)CCCO3)c(-c2ccccc2)nn1C.COC(=O)C(OC(C)(C)C)c1c(-c2ccc3c(c2)CCCO3)c(-c2ccccc2)nn1C.Cn1nc(-c2ccccc2)c(-c2ccc3c(c2)CCCO3)c1C(OC(C)(C)C)C(=O)O.Cn1nc(-c2ccccc2)c(-c2ccc3c(c2)CCCO3)c1C=O.Cn1nc(-c2ccccc2)c(Br)c1C=O. The summed E-state index contributed by atoms with van der Waals surface area (Å²) in [4.78, 5) is 59.8. The van der Waals surface area contributed by atoms with E-state index in [0.717, 1.165) is 260 Å². The van der Waals surface area contributed by atoms with Gasteiger partial charge in [-0.2, -0.15) is 25.5 Å². The van der Waals surface area contributed by atoms with E-state index in [4.69, 9.17) is 62.1 Å². The number of rotatable bonds is 20. The van der Waals surface area contributed by atoms with E-state index in [0.29, 0.717) is 34.2 Å². The van der Waals surface area contributed by atoms with Gasteiger partial charge in [-0.3, -0.25) is 33.0 Å². The summed E-state index contributed by atoms with van der Waals surface area (Å²) in [5, 5.41) is 43.8. The minimum Gasteiger partial charge on any atom is -0.493 e. The maximum atomic E-state index is 12.9. The van der Waals surface area contributed by atoms with Crippen LogP contribution in [0, 0.1) is 0 Å².